The molecule has 0 saturated carbocycles. The predicted molar refractivity (Wildman–Crippen MR) is 137 cm³/mol. The summed E-state index contributed by atoms with van der Waals surface area (Å²) in [6, 6.07) is 12.3. The first kappa shape index (κ1) is 26.2. The molecule has 34 heavy (non-hydrogen) atoms. The smallest absolute Gasteiger partial charge is 0.306 e. The van der Waals surface area contributed by atoms with Crippen LogP contribution in [0.1, 0.15) is 31.5 Å². The van der Waals surface area contributed by atoms with Gasteiger partial charge in [-0.3, -0.25) is 9.48 Å². The number of aromatic nitrogens is 2. The molecule has 1 saturated heterocycles. The second-order valence-electron chi connectivity index (χ2n) is 7.09. The van der Waals surface area contributed by atoms with E-state index in [4.69, 9.17) is 46.4 Å². The molecule has 2 heterocycles. The minimum atomic E-state index is -0.564. The summed E-state index contributed by atoms with van der Waals surface area (Å²) in [6.45, 7) is 4.16. The number of nitrogens with one attached hydrogen (secondary N) is 1. The van der Waals surface area contributed by atoms with Crippen molar-refractivity contribution in [3.05, 3.63) is 81.6 Å². The SMILES string of the molecule is CC.O=C(Nc1ccc(Cl)cc1)N1CC(n2cc(Cl)cn2)C(c2ccc(Cl)cc2)N1C(=O)CCl. The van der Waals surface area contributed by atoms with E-state index in [9.17, 15) is 9.59 Å². The van der Waals surface area contributed by atoms with Gasteiger partial charge in [0.25, 0.3) is 5.91 Å². The summed E-state index contributed by atoms with van der Waals surface area (Å²) in [6.07, 6.45) is 3.16. The largest absolute Gasteiger partial charge is 0.340 e. The van der Waals surface area contributed by atoms with E-state index in [0.717, 1.165) is 5.56 Å². The van der Waals surface area contributed by atoms with Crippen LogP contribution in [0.2, 0.25) is 15.1 Å². The summed E-state index contributed by atoms with van der Waals surface area (Å²) >= 11 is 24.0. The van der Waals surface area contributed by atoms with Gasteiger partial charge in [0.05, 0.1) is 23.8 Å². The molecule has 7 nitrogen and oxygen atoms in total. The summed E-state index contributed by atoms with van der Waals surface area (Å²) in [4.78, 5) is 26.1. The number of hydrogen-bond donors (Lipinski definition) is 1. The lowest BCUT2D eigenvalue weighted by Gasteiger charge is -2.32. The van der Waals surface area contributed by atoms with Gasteiger partial charge in [0, 0.05) is 21.9 Å². The summed E-state index contributed by atoms with van der Waals surface area (Å²) in [5, 5.41) is 11.3. The van der Waals surface area contributed by atoms with E-state index in [2.05, 4.69) is 10.4 Å². The third-order valence-electron chi connectivity index (χ3n) is 5.07. The molecule has 3 aromatic rings. The molecule has 1 aromatic heterocycles. The molecule has 1 fully saturated rings. The van der Waals surface area contributed by atoms with Crippen LogP contribution in [0.15, 0.2) is 60.9 Å². The quantitative estimate of drug-likeness (QED) is 0.374. The van der Waals surface area contributed by atoms with Crippen molar-refractivity contribution in [3.8, 4) is 0 Å². The Morgan fingerprint density at radius 1 is 0.971 bits per heavy atom. The number of hydrogen-bond acceptors (Lipinski definition) is 3. The van der Waals surface area contributed by atoms with Crippen molar-refractivity contribution in [3.63, 3.8) is 0 Å². The highest BCUT2D eigenvalue weighted by Crippen LogP contribution is 2.41. The summed E-state index contributed by atoms with van der Waals surface area (Å²) in [5.74, 6) is -0.736. The van der Waals surface area contributed by atoms with Crippen LogP contribution in [0, 0.1) is 0 Å². The molecule has 3 amide bonds. The van der Waals surface area contributed by atoms with Crippen molar-refractivity contribution >= 4 is 64.0 Å². The summed E-state index contributed by atoms with van der Waals surface area (Å²) < 4.78 is 1.64. The molecule has 0 aliphatic carbocycles. The zero-order chi connectivity index (χ0) is 24.8. The van der Waals surface area contributed by atoms with E-state index < -0.39 is 24.0 Å². The average molecular weight is 543 g/mol. The van der Waals surface area contributed by atoms with E-state index in [1.54, 1.807) is 59.4 Å². The van der Waals surface area contributed by atoms with Crippen molar-refractivity contribution in [2.45, 2.75) is 25.9 Å². The number of amides is 3. The van der Waals surface area contributed by atoms with Crippen LogP contribution in [0.4, 0.5) is 10.5 Å². The van der Waals surface area contributed by atoms with Gasteiger partial charge in [-0.15, -0.1) is 11.6 Å². The maximum absolute atomic E-state index is 13.2. The Balaban J connectivity index is 0.00000158. The van der Waals surface area contributed by atoms with Crippen molar-refractivity contribution < 1.29 is 9.59 Å². The highest BCUT2D eigenvalue weighted by Gasteiger charge is 2.47. The van der Waals surface area contributed by atoms with Crippen LogP contribution >= 0.6 is 46.4 Å². The molecule has 11 heteroatoms. The lowest BCUT2D eigenvalue weighted by atomic mass is 10.0. The van der Waals surface area contributed by atoms with Gasteiger partial charge in [-0.2, -0.15) is 5.10 Å². The molecule has 1 aliphatic rings. The van der Waals surface area contributed by atoms with Crippen molar-refractivity contribution in [2.24, 2.45) is 0 Å². The number of carbonyl (C=O) groups is 2. The molecular formula is C23H23Cl4N5O2. The predicted octanol–water partition coefficient (Wildman–Crippen LogP) is 6.68. The van der Waals surface area contributed by atoms with Gasteiger partial charge < -0.3 is 5.32 Å². The highest BCUT2D eigenvalue weighted by atomic mass is 35.5. The molecular weight excluding hydrogens is 520 g/mol. The molecule has 0 radical (unpaired) electrons. The fraction of sp³-hybridized carbons (Fsp3) is 0.261. The molecule has 1 aliphatic heterocycles. The minimum Gasteiger partial charge on any atom is -0.306 e. The number of hydrazine groups is 1. The Morgan fingerprint density at radius 3 is 2.09 bits per heavy atom. The normalized spacial score (nSPS) is 17.2. The minimum absolute atomic E-state index is 0.160. The molecule has 180 valence electrons. The third kappa shape index (κ3) is 5.78. The number of urea groups is 1. The van der Waals surface area contributed by atoms with Crippen LogP contribution in [-0.2, 0) is 4.79 Å². The second-order valence-corrected chi connectivity index (χ2v) is 8.67. The van der Waals surface area contributed by atoms with E-state index in [-0.39, 0.29) is 12.4 Å². The van der Waals surface area contributed by atoms with Crippen LogP contribution < -0.4 is 5.32 Å². The first-order chi connectivity index (χ1) is 16.4. The number of anilines is 1. The number of nitrogens with zero attached hydrogens (tertiary/aromatic N) is 4. The van der Waals surface area contributed by atoms with Gasteiger partial charge in [0.1, 0.15) is 11.9 Å². The average Bonchev–Trinajstić information content (AvgIpc) is 3.46. The molecule has 1 N–H and O–H groups in total. The van der Waals surface area contributed by atoms with Crippen molar-refractivity contribution in [1.82, 2.24) is 19.8 Å². The highest BCUT2D eigenvalue weighted by molar-refractivity contribution is 6.31. The molecule has 2 unspecified atom stereocenters. The second kappa shape index (κ2) is 11.8. The molecule has 2 aromatic carbocycles. The molecule has 0 bridgehead atoms. The zero-order valence-electron chi connectivity index (χ0n) is 18.5. The fourth-order valence-electron chi connectivity index (χ4n) is 3.68. The Bertz CT molecular complexity index is 1120. The first-order valence-electron chi connectivity index (χ1n) is 10.5. The lowest BCUT2D eigenvalue weighted by Crippen LogP contribution is -2.48. The van der Waals surface area contributed by atoms with Gasteiger partial charge in [-0.25, -0.2) is 14.8 Å². The summed E-state index contributed by atoms with van der Waals surface area (Å²) in [5.41, 5.74) is 1.30. The Labute approximate surface area is 218 Å². The maximum atomic E-state index is 13.2. The van der Waals surface area contributed by atoms with E-state index in [1.807, 2.05) is 13.8 Å². The topological polar surface area (TPSA) is 70.5 Å². The molecule has 2 atom stereocenters. The van der Waals surface area contributed by atoms with Crippen LogP contribution in [0.5, 0.6) is 0 Å². The summed E-state index contributed by atoms with van der Waals surface area (Å²) in [7, 11) is 0. The maximum Gasteiger partial charge on any atom is 0.340 e. The Kier molecular flexibility index (Phi) is 9.08. The monoisotopic (exact) mass is 541 g/mol. The first-order valence-corrected chi connectivity index (χ1v) is 12.2. The van der Waals surface area contributed by atoms with Crippen molar-refractivity contribution in [2.75, 3.05) is 17.7 Å². The van der Waals surface area contributed by atoms with Gasteiger partial charge in [0.2, 0.25) is 0 Å². The zero-order valence-corrected chi connectivity index (χ0v) is 21.5. The van der Waals surface area contributed by atoms with Gasteiger partial charge in [-0.1, -0.05) is 60.8 Å². The van der Waals surface area contributed by atoms with Gasteiger partial charge >= 0.3 is 6.03 Å². The number of halogens is 4. The molecule has 0 spiro atoms. The Morgan fingerprint density at radius 2 is 1.56 bits per heavy atom. The fourth-order valence-corrected chi connectivity index (χ4v) is 4.20. The standard InChI is InChI=1S/C21H17Cl4N5O2.C2H6/c22-9-19(31)30-20(13-1-3-14(23)4-2-13)18(28-11-16(25)10-26-28)12-29(30)21(32)27-17-7-5-15(24)6-8-17;1-2/h1-8,10-11,18,20H,9,12H2,(H,27,32);1-2H3. The van der Waals surface area contributed by atoms with Gasteiger partial charge in [0.15, 0.2) is 0 Å². The van der Waals surface area contributed by atoms with Gasteiger partial charge in [-0.05, 0) is 42.0 Å². The third-order valence-corrected chi connectivity index (χ3v) is 6.00. The number of rotatable bonds is 4. The van der Waals surface area contributed by atoms with E-state index >= 15 is 0 Å². The van der Waals surface area contributed by atoms with Crippen LogP contribution in [-0.4, -0.2) is 44.2 Å². The number of carbonyl (C=O) groups excluding carboxylic acids is 2. The van der Waals surface area contributed by atoms with Crippen LogP contribution in [0.3, 0.4) is 0 Å². The number of benzene rings is 2. The molecule has 4 rings (SSSR count). The van der Waals surface area contributed by atoms with Crippen molar-refractivity contribution in [1.29, 1.82) is 0 Å². The Hall–Kier alpha value is -2.45. The number of alkyl halides is 1. The lowest BCUT2D eigenvalue weighted by molar-refractivity contribution is -0.140. The van der Waals surface area contributed by atoms with Crippen LogP contribution in [0.25, 0.3) is 0 Å². The van der Waals surface area contributed by atoms with E-state index in [1.165, 1.54) is 16.2 Å². The van der Waals surface area contributed by atoms with E-state index in [0.29, 0.717) is 20.8 Å².